The van der Waals surface area contributed by atoms with Crippen molar-refractivity contribution in [1.82, 2.24) is 10.2 Å². The molecule has 1 aliphatic heterocycles. The van der Waals surface area contributed by atoms with Gasteiger partial charge in [0.15, 0.2) is 0 Å². The highest BCUT2D eigenvalue weighted by Gasteiger charge is 2.34. The molecule has 2 N–H and O–H groups in total. The molecule has 1 fully saturated rings. The fourth-order valence-corrected chi connectivity index (χ4v) is 4.26. The van der Waals surface area contributed by atoms with E-state index in [2.05, 4.69) is 10.6 Å². The fourth-order valence-electron chi connectivity index (χ4n) is 4.26. The van der Waals surface area contributed by atoms with Gasteiger partial charge in [0.1, 0.15) is 17.3 Å². The third-order valence-corrected chi connectivity index (χ3v) is 5.85. The van der Waals surface area contributed by atoms with Crippen LogP contribution in [0.5, 0.6) is 11.5 Å². The van der Waals surface area contributed by atoms with Crippen LogP contribution in [0.4, 0.5) is 14.9 Å². The van der Waals surface area contributed by atoms with Crippen molar-refractivity contribution in [2.45, 2.75) is 24.9 Å². The third-order valence-electron chi connectivity index (χ3n) is 5.85. The zero-order valence-electron chi connectivity index (χ0n) is 17.1. The Kier molecular flexibility index (Phi) is 5.30. The van der Waals surface area contributed by atoms with E-state index in [9.17, 15) is 9.18 Å². The maximum atomic E-state index is 13.4. The summed E-state index contributed by atoms with van der Waals surface area (Å²) in [7, 11) is 0. The molecule has 3 aromatic rings. The first kappa shape index (κ1) is 19.6. The van der Waals surface area contributed by atoms with Crippen LogP contribution in [0, 0.1) is 5.82 Å². The maximum Gasteiger partial charge on any atom is 0.321 e. The van der Waals surface area contributed by atoms with Gasteiger partial charge in [-0.2, -0.15) is 0 Å². The number of halogens is 1. The Labute approximate surface area is 180 Å². The molecule has 1 unspecified atom stereocenters. The largest absolute Gasteiger partial charge is 0.457 e. The number of anilines is 1. The number of fused-ring (bicyclic) bond motifs is 1. The lowest BCUT2D eigenvalue weighted by Gasteiger charge is -2.41. The molecule has 0 bridgehead atoms. The highest BCUT2D eigenvalue weighted by molar-refractivity contribution is 5.90. The molecule has 2 aliphatic rings. The molecule has 1 saturated heterocycles. The van der Waals surface area contributed by atoms with Gasteiger partial charge < -0.3 is 20.3 Å². The van der Waals surface area contributed by atoms with Gasteiger partial charge in [-0.25, -0.2) is 9.18 Å². The van der Waals surface area contributed by atoms with Crippen molar-refractivity contribution < 1.29 is 13.9 Å². The lowest BCUT2D eigenvalue weighted by atomic mass is 10.0. The van der Waals surface area contributed by atoms with E-state index in [0.717, 1.165) is 24.2 Å². The van der Waals surface area contributed by atoms with Crippen LogP contribution in [0.3, 0.4) is 0 Å². The standard InChI is InChI=1S/C25H24FN3O2/c26-18-10-11-23-17(13-18)9-12-24(23)27-20-15-29(16-20)25(30)28-19-5-4-8-22(14-19)31-21-6-2-1-3-7-21/h1-8,10-11,13-14,20,24,27H,9,12,15-16H2,(H,28,30). The number of aryl methyl sites for hydroxylation is 1. The van der Waals surface area contributed by atoms with Crippen molar-refractivity contribution in [3.05, 3.63) is 89.7 Å². The van der Waals surface area contributed by atoms with Gasteiger partial charge in [-0.3, -0.25) is 0 Å². The van der Waals surface area contributed by atoms with Crippen LogP contribution in [0.1, 0.15) is 23.6 Å². The Morgan fingerprint density at radius 3 is 2.61 bits per heavy atom. The summed E-state index contributed by atoms with van der Waals surface area (Å²) >= 11 is 0. The van der Waals surface area contributed by atoms with E-state index in [0.29, 0.717) is 24.5 Å². The van der Waals surface area contributed by atoms with Crippen molar-refractivity contribution >= 4 is 11.7 Å². The van der Waals surface area contributed by atoms with Gasteiger partial charge >= 0.3 is 6.03 Å². The molecule has 0 spiro atoms. The molecular weight excluding hydrogens is 393 g/mol. The van der Waals surface area contributed by atoms with Gasteiger partial charge in [0.05, 0.1) is 0 Å². The monoisotopic (exact) mass is 417 g/mol. The molecule has 1 heterocycles. The number of rotatable bonds is 5. The molecule has 2 amide bonds. The van der Waals surface area contributed by atoms with Crippen LogP contribution in [-0.4, -0.2) is 30.1 Å². The number of hydrogen-bond donors (Lipinski definition) is 2. The quantitative estimate of drug-likeness (QED) is 0.607. The number of likely N-dealkylation sites (tertiary alicyclic amines) is 1. The molecule has 158 valence electrons. The van der Waals surface area contributed by atoms with E-state index in [1.165, 1.54) is 11.6 Å². The molecule has 3 aromatic carbocycles. The second-order valence-electron chi connectivity index (χ2n) is 8.08. The zero-order chi connectivity index (χ0) is 21.2. The van der Waals surface area contributed by atoms with Crippen LogP contribution < -0.4 is 15.4 Å². The first-order valence-corrected chi connectivity index (χ1v) is 10.6. The minimum Gasteiger partial charge on any atom is -0.457 e. The number of carbonyl (C=O) groups excluding carboxylic acids is 1. The zero-order valence-corrected chi connectivity index (χ0v) is 17.1. The molecule has 31 heavy (non-hydrogen) atoms. The average Bonchev–Trinajstić information content (AvgIpc) is 3.13. The molecule has 5 nitrogen and oxygen atoms in total. The molecule has 6 heteroatoms. The van der Waals surface area contributed by atoms with Gasteiger partial charge in [-0.15, -0.1) is 0 Å². The van der Waals surface area contributed by atoms with E-state index < -0.39 is 0 Å². The van der Waals surface area contributed by atoms with Crippen molar-refractivity contribution in [2.75, 3.05) is 18.4 Å². The summed E-state index contributed by atoms with van der Waals surface area (Å²) in [5.74, 6) is 1.24. The summed E-state index contributed by atoms with van der Waals surface area (Å²) in [5, 5.41) is 6.56. The van der Waals surface area contributed by atoms with E-state index in [1.807, 2.05) is 60.7 Å². The van der Waals surface area contributed by atoms with E-state index in [4.69, 9.17) is 4.74 Å². The van der Waals surface area contributed by atoms with Crippen molar-refractivity contribution in [3.8, 4) is 11.5 Å². The molecule has 1 aliphatic carbocycles. The topological polar surface area (TPSA) is 53.6 Å². The SMILES string of the molecule is O=C(Nc1cccc(Oc2ccccc2)c1)N1CC(NC2CCc3cc(F)ccc32)C1. The minimum atomic E-state index is -0.177. The molecule has 0 saturated carbocycles. The number of nitrogens with zero attached hydrogens (tertiary/aromatic N) is 1. The van der Waals surface area contributed by atoms with Gasteiger partial charge in [0.25, 0.3) is 0 Å². The Bertz CT molecular complexity index is 1080. The van der Waals surface area contributed by atoms with Crippen LogP contribution in [0.2, 0.25) is 0 Å². The second kappa shape index (κ2) is 8.40. The number of carbonyl (C=O) groups is 1. The number of benzene rings is 3. The predicted octanol–water partition coefficient (Wildman–Crippen LogP) is 5.11. The molecular formula is C25H24FN3O2. The number of urea groups is 1. The first-order chi connectivity index (χ1) is 15.1. The van der Waals surface area contributed by atoms with Gasteiger partial charge in [-0.1, -0.05) is 30.3 Å². The number of nitrogens with one attached hydrogen (secondary N) is 2. The van der Waals surface area contributed by atoms with Gasteiger partial charge in [-0.05, 0) is 60.4 Å². The third kappa shape index (κ3) is 4.39. The van der Waals surface area contributed by atoms with Crippen molar-refractivity contribution in [3.63, 3.8) is 0 Å². The van der Waals surface area contributed by atoms with Gasteiger partial charge in [0.2, 0.25) is 0 Å². The Hall–Kier alpha value is -3.38. The summed E-state index contributed by atoms with van der Waals surface area (Å²) in [6.07, 6.45) is 1.86. The summed E-state index contributed by atoms with van der Waals surface area (Å²) < 4.78 is 19.2. The lowest BCUT2D eigenvalue weighted by Crippen LogP contribution is -2.61. The fraction of sp³-hybridized carbons (Fsp3) is 0.240. The number of ether oxygens (including phenoxy) is 1. The normalized spacial score (nSPS) is 17.7. The predicted molar refractivity (Wildman–Crippen MR) is 118 cm³/mol. The lowest BCUT2D eigenvalue weighted by molar-refractivity contribution is 0.142. The maximum absolute atomic E-state index is 13.4. The summed E-state index contributed by atoms with van der Waals surface area (Å²) in [6, 6.07) is 22.3. The highest BCUT2D eigenvalue weighted by Crippen LogP contribution is 2.32. The number of para-hydroxylation sites is 1. The minimum absolute atomic E-state index is 0.121. The Morgan fingerprint density at radius 1 is 0.968 bits per heavy atom. The van der Waals surface area contributed by atoms with Crippen LogP contribution in [0.25, 0.3) is 0 Å². The summed E-state index contributed by atoms with van der Waals surface area (Å²) in [4.78, 5) is 14.4. The van der Waals surface area contributed by atoms with E-state index in [1.54, 1.807) is 11.0 Å². The summed E-state index contributed by atoms with van der Waals surface area (Å²) in [5.41, 5.74) is 2.96. The summed E-state index contributed by atoms with van der Waals surface area (Å²) in [6.45, 7) is 1.30. The molecule has 0 aromatic heterocycles. The second-order valence-corrected chi connectivity index (χ2v) is 8.08. The average molecular weight is 417 g/mol. The molecule has 1 atom stereocenters. The Morgan fingerprint density at radius 2 is 1.77 bits per heavy atom. The van der Waals surface area contributed by atoms with E-state index in [-0.39, 0.29) is 23.9 Å². The first-order valence-electron chi connectivity index (χ1n) is 10.6. The number of amides is 2. The smallest absolute Gasteiger partial charge is 0.321 e. The van der Waals surface area contributed by atoms with Crippen LogP contribution in [-0.2, 0) is 6.42 Å². The van der Waals surface area contributed by atoms with Crippen molar-refractivity contribution in [2.24, 2.45) is 0 Å². The number of hydrogen-bond acceptors (Lipinski definition) is 3. The van der Waals surface area contributed by atoms with Crippen LogP contribution >= 0.6 is 0 Å². The highest BCUT2D eigenvalue weighted by atomic mass is 19.1. The van der Waals surface area contributed by atoms with Gasteiger partial charge in [0, 0.05) is 36.9 Å². The van der Waals surface area contributed by atoms with E-state index >= 15 is 0 Å². The molecule has 0 radical (unpaired) electrons. The molecule has 5 rings (SSSR count). The van der Waals surface area contributed by atoms with Crippen molar-refractivity contribution in [1.29, 1.82) is 0 Å². The van der Waals surface area contributed by atoms with Crippen LogP contribution in [0.15, 0.2) is 72.8 Å². The Balaban J connectivity index is 1.13.